The van der Waals surface area contributed by atoms with Gasteiger partial charge >= 0.3 is 6.03 Å². The van der Waals surface area contributed by atoms with Crippen LogP contribution in [0.1, 0.15) is 31.2 Å². The van der Waals surface area contributed by atoms with Crippen molar-refractivity contribution in [3.05, 3.63) is 29.6 Å². The molecule has 4 rings (SSSR count). The van der Waals surface area contributed by atoms with E-state index in [-0.39, 0.29) is 25.0 Å². The number of halogens is 1. The number of aliphatic hydroxyl groups excluding tert-OH is 1. The van der Waals surface area contributed by atoms with E-state index in [0.29, 0.717) is 24.3 Å². The highest BCUT2D eigenvalue weighted by Crippen LogP contribution is 2.41. The largest absolute Gasteiger partial charge is 0.493 e. The maximum Gasteiger partial charge on any atom is 0.325 e. The lowest BCUT2D eigenvalue weighted by Crippen LogP contribution is -2.47. The molecule has 0 aromatic heterocycles. The van der Waals surface area contributed by atoms with Crippen molar-refractivity contribution in [2.45, 2.75) is 37.3 Å². The van der Waals surface area contributed by atoms with Crippen LogP contribution < -0.4 is 10.1 Å². The Kier molecular flexibility index (Phi) is 4.77. The molecule has 2 N–H and O–H groups in total. The van der Waals surface area contributed by atoms with Crippen molar-refractivity contribution in [1.82, 2.24) is 15.1 Å². The Morgan fingerprint density at radius 1 is 1.26 bits per heavy atom. The van der Waals surface area contributed by atoms with E-state index in [1.165, 1.54) is 23.1 Å². The van der Waals surface area contributed by atoms with E-state index in [9.17, 15) is 19.1 Å². The van der Waals surface area contributed by atoms with Gasteiger partial charge in [-0.15, -0.1) is 0 Å². The average molecular weight is 377 g/mol. The lowest BCUT2D eigenvalue weighted by Gasteiger charge is -2.33. The topological polar surface area (TPSA) is 82.1 Å². The van der Waals surface area contributed by atoms with Gasteiger partial charge in [-0.1, -0.05) is 0 Å². The standard InChI is InChI=1S/C19H24FN3O4/c20-13-2-3-16-15(12-13)19(6-11-27-16)17(25)23(18(26)21-19)8-1-7-22-9-4-14(24)5-10-22/h2-3,12,14,24H,1,4-11H2,(H,21,26). The number of likely N-dealkylation sites (tertiary alicyclic amines) is 1. The van der Waals surface area contributed by atoms with Crippen molar-refractivity contribution in [2.24, 2.45) is 0 Å². The van der Waals surface area contributed by atoms with Gasteiger partial charge in [0.2, 0.25) is 0 Å². The quantitative estimate of drug-likeness (QED) is 0.771. The molecule has 2 fully saturated rings. The molecule has 3 aliphatic heterocycles. The summed E-state index contributed by atoms with van der Waals surface area (Å²) < 4.78 is 19.3. The van der Waals surface area contributed by atoms with E-state index >= 15 is 0 Å². The highest BCUT2D eigenvalue weighted by molar-refractivity contribution is 6.07. The van der Waals surface area contributed by atoms with Crippen molar-refractivity contribution >= 4 is 11.9 Å². The molecule has 1 aromatic carbocycles. The Balaban J connectivity index is 1.45. The summed E-state index contributed by atoms with van der Waals surface area (Å²) in [5.41, 5.74) is -0.846. The monoisotopic (exact) mass is 377 g/mol. The van der Waals surface area contributed by atoms with Crippen LogP contribution in [0.5, 0.6) is 5.75 Å². The number of urea groups is 1. The van der Waals surface area contributed by atoms with Gasteiger partial charge in [0.15, 0.2) is 5.54 Å². The highest BCUT2D eigenvalue weighted by atomic mass is 19.1. The molecule has 1 atom stereocenters. The molecule has 8 heteroatoms. The molecule has 7 nitrogen and oxygen atoms in total. The van der Waals surface area contributed by atoms with Crippen LogP contribution in [-0.2, 0) is 10.3 Å². The molecule has 146 valence electrons. The zero-order valence-electron chi connectivity index (χ0n) is 15.1. The Bertz CT molecular complexity index is 750. The number of rotatable bonds is 4. The van der Waals surface area contributed by atoms with Gasteiger partial charge in [-0.3, -0.25) is 9.69 Å². The first-order chi connectivity index (χ1) is 13.0. The van der Waals surface area contributed by atoms with Gasteiger partial charge in [0.1, 0.15) is 11.6 Å². The molecule has 0 bridgehead atoms. The number of piperidine rings is 1. The molecular weight excluding hydrogens is 353 g/mol. The minimum Gasteiger partial charge on any atom is -0.493 e. The molecule has 1 unspecified atom stereocenters. The number of nitrogens with zero attached hydrogens (tertiary/aromatic N) is 2. The Morgan fingerprint density at radius 2 is 2.04 bits per heavy atom. The average Bonchev–Trinajstić information content (AvgIpc) is 2.89. The van der Waals surface area contributed by atoms with Crippen molar-refractivity contribution < 1.29 is 23.8 Å². The zero-order chi connectivity index (χ0) is 19.0. The summed E-state index contributed by atoms with van der Waals surface area (Å²) in [6, 6.07) is 3.62. The van der Waals surface area contributed by atoms with Crippen molar-refractivity contribution in [3.63, 3.8) is 0 Å². The Morgan fingerprint density at radius 3 is 2.81 bits per heavy atom. The Labute approximate surface area is 157 Å². The van der Waals surface area contributed by atoms with Crippen molar-refractivity contribution in [1.29, 1.82) is 0 Å². The number of imide groups is 1. The predicted octanol–water partition coefficient (Wildman–Crippen LogP) is 1.20. The first kappa shape index (κ1) is 18.2. The fourth-order valence-electron chi connectivity index (χ4n) is 4.19. The number of hydrogen-bond donors (Lipinski definition) is 2. The summed E-state index contributed by atoms with van der Waals surface area (Å²) in [6.07, 6.45) is 2.25. The molecule has 0 aliphatic carbocycles. The third-order valence-electron chi connectivity index (χ3n) is 5.72. The smallest absolute Gasteiger partial charge is 0.325 e. The molecule has 0 saturated carbocycles. The van der Waals surface area contributed by atoms with Crippen LogP contribution in [0.3, 0.4) is 0 Å². The molecule has 0 radical (unpaired) electrons. The lowest BCUT2D eigenvalue weighted by molar-refractivity contribution is -0.132. The van der Waals surface area contributed by atoms with Crippen molar-refractivity contribution in [2.75, 3.05) is 32.8 Å². The van der Waals surface area contributed by atoms with Gasteiger partial charge in [0, 0.05) is 31.6 Å². The number of carbonyl (C=O) groups is 2. The van der Waals surface area contributed by atoms with E-state index in [1.807, 2.05) is 0 Å². The number of carbonyl (C=O) groups excluding carboxylic acids is 2. The number of fused-ring (bicyclic) bond motifs is 2. The van der Waals surface area contributed by atoms with Crippen molar-refractivity contribution in [3.8, 4) is 5.75 Å². The number of nitrogens with one attached hydrogen (secondary N) is 1. The number of amides is 3. The van der Waals surface area contributed by atoms with Gasteiger partial charge in [0.05, 0.1) is 12.7 Å². The molecule has 1 spiro atoms. The van der Waals surface area contributed by atoms with Gasteiger partial charge < -0.3 is 20.1 Å². The zero-order valence-corrected chi connectivity index (χ0v) is 15.1. The first-order valence-electron chi connectivity index (χ1n) is 9.47. The molecule has 3 aliphatic rings. The summed E-state index contributed by atoms with van der Waals surface area (Å²) in [4.78, 5) is 29.1. The van der Waals surface area contributed by atoms with E-state index in [2.05, 4.69) is 10.2 Å². The SMILES string of the molecule is O=C1NC2(CCOc3ccc(F)cc32)C(=O)N1CCCN1CCC(O)CC1. The second kappa shape index (κ2) is 7.09. The number of aliphatic hydroxyl groups is 1. The third kappa shape index (κ3) is 3.27. The number of benzene rings is 1. The molecule has 3 amide bonds. The fourth-order valence-corrected chi connectivity index (χ4v) is 4.19. The molecule has 3 heterocycles. The van der Waals surface area contributed by atoms with Gasteiger partial charge in [-0.25, -0.2) is 9.18 Å². The fraction of sp³-hybridized carbons (Fsp3) is 0.579. The van der Waals surface area contributed by atoms with Gasteiger partial charge in [-0.05, 0) is 44.0 Å². The maximum absolute atomic E-state index is 13.8. The van der Waals surface area contributed by atoms with E-state index in [1.54, 1.807) is 0 Å². The molecule has 27 heavy (non-hydrogen) atoms. The number of hydrogen-bond acceptors (Lipinski definition) is 5. The summed E-state index contributed by atoms with van der Waals surface area (Å²) in [6.45, 7) is 3.03. The van der Waals surface area contributed by atoms with E-state index in [4.69, 9.17) is 4.74 Å². The predicted molar refractivity (Wildman–Crippen MR) is 94.7 cm³/mol. The van der Waals surface area contributed by atoms with Crippen LogP contribution in [-0.4, -0.2) is 65.7 Å². The van der Waals surface area contributed by atoms with E-state index < -0.39 is 17.4 Å². The first-order valence-corrected chi connectivity index (χ1v) is 9.47. The van der Waals surface area contributed by atoms with Crippen LogP contribution in [0.4, 0.5) is 9.18 Å². The number of ether oxygens (including phenoxy) is 1. The van der Waals surface area contributed by atoms with Crippen LogP contribution >= 0.6 is 0 Å². The van der Waals surface area contributed by atoms with Crippen LogP contribution in [0.25, 0.3) is 0 Å². The molecule has 1 aromatic rings. The normalized spacial score (nSPS) is 26.2. The Hall–Kier alpha value is -2.19. The lowest BCUT2D eigenvalue weighted by atomic mass is 9.84. The van der Waals surface area contributed by atoms with Crippen LogP contribution in [0, 0.1) is 5.82 Å². The second-order valence-corrected chi connectivity index (χ2v) is 7.46. The minimum absolute atomic E-state index is 0.221. The summed E-state index contributed by atoms with van der Waals surface area (Å²) in [5.74, 6) is -0.367. The minimum atomic E-state index is -1.23. The summed E-state index contributed by atoms with van der Waals surface area (Å²) in [7, 11) is 0. The van der Waals surface area contributed by atoms with Crippen LogP contribution in [0.15, 0.2) is 18.2 Å². The van der Waals surface area contributed by atoms with E-state index in [0.717, 1.165) is 32.5 Å². The highest BCUT2D eigenvalue weighted by Gasteiger charge is 2.54. The third-order valence-corrected chi connectivity index (χ3v) is 5.72. The summed E-state index contributed by atoms with van der Waals surface area (Å²) >= 11 is 0. The van der Waals surface area contributed by atoms with Gasteiger partial charge in [0.25, 0.3) is 5.91 Å². The molecular formula is C19H24FN3O4. The second-order valence-electron chi connectivity index (χ2n) is 7.46. The van der Waals surface area contributed by atoms with Crippen LogP contribution in [0.2, 0.25) is 0 Å². The van der Waals surface area contributed by atoms with Gasteiger partial charge in [-0.2, -0.15) is 0 Å². The molecule has 2 saturated heterocycles. The summed E-state index contributed by atoms with van der Waals surface area (Å²) in [5, 5.41) is 12.4. The maximum atomic E-state index is 13.8.